The van der Waals surface area contributed by atoms with E-state index in [1.165, 1.54) is 6.20 Å². The van der Waals surface area contributed by atoms with E-state index in [2.05, 4.69) is 9.97 Å². The number of rotatable bonds is 2. The molecule has 2 heterocycles. The van der Waals surface area contributed by atoms with Crippen LogP contribution in [-0.4, -0.2) is 9.97 Å². The number of hydrogen-bond acceptors (Lipinski definition) is 3. The first-order valence-corrected chi connectivity index (χ1v) is 8.24. The van der Waals surface area contributed by atoms with Crippen LogP contribution < -0.4 is 4.73 Å². The average Bonchev–Trinajstić information content (AvgIpc) is 2.54. The number of halogens is 4. The van der Waals surface area contributed by atoms with Crippen molar-refractivity contribution in [2.24, 2.45) is 5.41 Å². The molecule has 0 amide bonds. The molecular weight excluding hydrogens is 362 g/mol. The Bertz CT molecular complexity index is 1020. The van der Waals surface area contributed by atoms with Crippen molar-refractivity contribution in [1.29, 1.82) is 0 Å². The molecule has 0 N–H and O–H groups in total. The number of benzene rings is 1. The van der Waals surface area contributed by atoms with Crippen molar-refractivity contribution in [3.05, 3.63) is 58.7 Å². The van der Waals surface area contributed by atoms with Crippen molar-refractivity contribution in [1.82, 2.24) is 9.97 Å². The Morgan fingerprint density at radius 2 is 1.63 bits per heavy atom. The quantitative estimate of drug-likeness (QED) is 0.282. The molecule has 3 aromatic rings. The molecule has 142 valence electrons. The summed E-state index contributed by atoms with van der Waals surface area (Å²) in [5.41, 5.74) is -1.79. The molecule has 1 atom stereocenters. The summed E-state index contributed by atoms with van der Waals surface area (Å²) in [6, 6.07) is 0.944. The van der Waals surface area contributed by atoms with Crippen molar-refractivity contribution in [2.45, 2.75) is 33.6 Å². The Morgan fingerprint density at radius 1 is 1.04 bits per heavy atom. The molecule has 0 aliphatic rings. The highest BCUT2D eigenvalue weighted by Gasteiger charge is 2.35. The van der Waals surface area contributed by atoms with Crippen LogP contribution in [0.25, 0.3) is 22.3 Å². The predicted molar refractivity (Wildman–Crippen MR) is 91.6 cm³/mol. The SMILES string of the molecule is CC(c1c(-c2c(F)cc(F)cc2F)c(F)nc2c1ncc[n+]2[O-])C(C)(C)C. The van der Waals surface area contributed by atoms with Crippen molar-refractivity contribution in [2.75, 3.05) is 0 Å². The van der Waals surface area contributed by atoms with Gasteiger partial charge in [0.1, 0.15) is 23.6 Å². The molecule has 3 rings (SSSR count). The molecule has 0 bridgehead atoms. The van der Waals surface area contributed by atoms with Gasteiger partial charge < -0.3 is 5.21 Å². The van der Waals surface area contributed by atoms with E-state index in [1.807, 2.05) is 20.8 Å². The first-order valence-electron chi connectivity index (χ1n) is 8.24. The topological polar surface area (TPSA) is 52.7 Å². The van der Waals surface area contributed by atoms with E-state index in [0.29, 0.717) is 16.9 Å². The van der Waals surface area contributed by atoms with Gasteiger partial charge in [-0.25, -0.2) is 22.9 Å². The van der Waals surface area contributed by atoms with Gasteiger partial charge in [0.05, 0.1) is 17.3 Å². The normalized spacial score (nSPS) is 13.2. The summed E-state index contributed by atoms with van der Waals surface area (Å²) >= 11 is 0. The minimum Gasteiger partial charge on any atom is -0.710 e. The van der Waals surface area contributed by atoms with Gasteiger partial charge in [-0.2, -0.15) is 4.39 Å². The standard InChI is InChI=1S/C19H17F4N3O/c1-9(19(2,3)4)13-15(14-11(21)7-10(20)8-12(14)22)17(23)25-18-16(13)24-5-6-26(18)27/h5-9H,1-4H3. The molecule has 1 aromatic carbocycles. The lowest BCUT2D eigenvalue weighted by molar-refractivity contribution is -0.579. The monoisotopic (exact) mass is 379 g/mol. The molecule has 0 aliphatic carbocycles. The maximum Gasteiger partial charge on any atom is 0.355 e. The second-order valence-corrected chi connectivity index (χ2v) is 7.45. The highest BCUT2D eigenvalue weighted by molar-refractivity contribution is 5.83. The van der Waals surface area contributed by atoms with Gasteiger partial charge in [0.15, 0.2) is 5.52 Å². The van der Waals surface area contributed by atoms with Gasteiger partial charge in [-0.1, -0.05) is 27.7 Å². The molecule has 0 saturated heterocycles. The minimum absolute atomic E-state index is 0.0365. The van der Waals surface area contributed by atoms with E-state index < -0.39 is 45.9 Å². The number of hydrogen-bond donors (Lipinski definition) is 0. The number of pyridine rings is 1. The zero-order chi connectivity index (χ0) is 20.1. The third kappa shape index (κ3) is 3.20. The second-order valence-electron chi connectivity index (χ2n) is 7.45. The van der Waals surface area contributed by atoms with E-state index in [-0.39, 0.29) is 16.7 Å². The zero-order valence-corrected chi connectivity index (χ0v) is 15.1. The Labute approximate surface area is 153 Å². The highest BCUT2D eigenvalue weighted by atomic mass is 19.1. The predicted octanol–water partition coefficient (Wildman–Crippen LogP) is 4.64. The van der Waals surface area contributed by atoms with Gasteiger partial charge in [-0.3, -0.25) is 0 Å². The van der Waals surface area contributed by atoms with Gasteiger partial charge in [0, 0.05) is 17.7 Å². The van der Waals surface area contributed by atoms with Crippen LogP contribution in [0.5, 0.6) is 0 Å². The van der Waals surface area contributed by atoms with Crippen LogP contribution in [0.4, 0.5) is 17.6 Å². The van der Waals surface area contributed by atoms with Crippen LogP contribution in [0, 0.1) is 34.0 Å². The Morgan fingerprint density at radius 3 is 2.19 bits per heavy atom. The molecule has 0 saturated carbocycles. The number of fused-ring (bicyclic) bond motifs is 1. The van der Waals surface area contributed by atoms with E-state index >= 15 is 0 Å². The Balaban J connectivity index is 2.52. The third-order valence-electron chi connectivity index (χ3n) is 4.75. The Hall–Kier alpha value is -2.77. The fourth-order valence-electron chi connectivity index (χ4n) is 2.95. The molecule has 2 aromatic heterocycles. The first-order chi connectivity index (χ1) is 12.5. The molecule has 0 fully saturated rings. The first kappa shape index (κ1) is 19.0. The lowest BCUT2D eigenvalue weighted by Crippen LogP contribution is -2.29. The minimum atomic E-state index is -1.26. The van der Waals surface area contributed by atoms with Crippen LogP contribution >= 0.6 is 0 Å². The highest BCUT2D eigenvalue weighted by Crippen LogP contribution is 2.43. The molecule has 8 heteroatoms. The third-order valence-corrected chi connectivity index (χ3v) is 4.75. The van der Waals surface area contributed by atoms with Gasteiger partial charge in [0.25, 0.3) is 0 Å². The maximum absolute atomic E-state index is 14.9. The van der Waals surface area contributed by atoms with Crippen molar-refractivity contribution in [3.8, 4) is 11.1 Å². The van der Waals surface area contributed by atoms with E-state index in [9.17, 15) is 22.8 Å². The zero-order valence-electron chi connectivity index (χ0n) is 15.1. The van der Waals surface area contributed by atoms with Crippen LogP contribution in [0.1, 0.15) is 39.2 Å². The molecule has 1 unspecified atom stereocenters. The molecule has 0 aliphatic heterocycles. The molecule has 0 spiro atoms. The molecule has 4 nitrogen and oxygen atoms in total. The van der Waals surface area contributed by atoms with Gasteiger partial charge in [-0.05, 0) is 16.3 Å². The van der Waals surface area contributed by atoms with Crippen molar-refractivity contribution >= 4 is 11.2 Å². The Kier molecular flexibility index (Phi) is 4.53. The summed E-state index contributed by atoms with van der Waals surface area (Å²) in [7, 11) is 0. The molecule has 0 radical (unpaired) electrons. The van der Waals surface area contributed by atoms with E-state index in [1.54, 1.807) is 6.92 Å². The fourth-order valence-corrected chi connectivity index (χ4v) is 2.95. The van der Waals surface area contributed by atoms with Crippen molar-refractivity contribution in [3.63, 3.8) is 0 Å². The van der Waals surface area contributed by atoms with Crippen LogP contribution in [-0.2, 0) is 0 Å². The average molecular weight is 379 g/mol. The van der Waals surface area contributed by atoms with E-state index in [0.717, 1.165) is 6.20 Å². The summed E-state index contributed by atoms with van der Waals surface area (Å²) in [5, 5.41) is 12.0. The number of aromatic nitrogens is 3. The lowest BCUT2D eigenvalue weighted by Gasteiger charge is -2.29. The number of nitrogens with zero attached hydrogens (tertiary/aromatic N) is 3. The van der Waals surface area contributed by atoms with Crippen molar-refractivity contribution < 1.29 is 22.3 Å². The smallest absolute Gasteiger partial charge is 0.355 e. The van der Waals surface area contributed by atoms with Crippen LogP contribution in [0.2, 0.25) is 0 Å². The second kappa shape index (κ2) is 6.44. The maximum atomic E-state index is 14.9. The molecule has 27 heavy (non-hydrogen) atoms. The van der Waals surface area contributed by atoms with E-state index in [4.69, 9.17) is 0 Å². The largest absolute Gasteiger partial charge is 0.710 e. The van der Waals surface area contributed by atoms with Crippen LogP contribution in [0.15, 0.2) is 24.5 Å². The fraction of sp³-hybridized carbons (Fsp3) is 0.316. The lowest BCUT2D eigenvalue weighted by atomic mass is 9.75. The summed E-state index contributed by atoms with van der Waals surface area (Å²) in [4.78, 5) is 7.69. The van der Waals surface area contributed by atoms with Gasteiger partial charge >= 0.3 is 11.6 Å². The van der Waals surface area contributed by atoms with Crippen LogP contribution in [0.3, 0.4) is 0 Å². The summed E-state index contributed by atoms with van der Waals surface area (Å²) < 4.78 is 57.5. The summed E-state index contributed by atoms with van der Waals surface area (Å²) in [5.74, 6) is -5.34. The summed E-state index contributed by atoms with van der Waals surface area (Å²) in [6.45, 7) is 7.31. The summed E-state index contributed by atoms with van der Waals surface area (Å²) in [6.07, 6.45) is 2.26. The van der Waals surface area contributed by atoms with Gasteiger partial charge in [0.2, 0.25) is 0 Å². The molecular formula is C19H17F4N3O. The van der Waals surface area contributed by atoms with Gasteiger partial charge in [-0.15, -0.1) is 0 Å².